The lowest BCUT2D eigenvalue weighted by atomic mass is 9.97. The van der Waals surface area contributed by atoms with Gasteiger partial charge in [-0.15, -0.1) is 0 Å². The molecule has 1 aliphatic heterocycles. The lowest BCUT2D eigenvalue weighted by Gasteiger charge is -2.35. The molecule has 1 heterocycles. The van der Waals surface area contributed by atoms with Crippen LogP contribution in [-0.4, -0.2) is 35.1 Å². The summed E-state index contributed by atoms with van der Waals surface area (Å²) in [5.74, 6) is -0.880. The molecule has 0 spiro atoms. The van der Waals surface area contributed by atoms with Crippen molar-refractivity contribution in [2.24, 2.45) is 0 Å². The number of alkyl halides is 6. The van der Waals surface area contributed by atoms with Crippen molar-refractivity contribution in [2.45, 2.75) is 44.1 Å². The molecule has 1 N–H and O–H groups in total. The molecular formula is C16H17F6NO2. The number of hydrogen-bond acceptors (Lipinski definition) is 2. The van der Waals surface area contributed by atoms with Crippen LogP contribution in [0.3, 0.4) is 0 Å². The van der Waals surface area contributed by atoms with Gasteiger partial charge in [-0.2, -0.15) is 26.3 Å². The Hall–Kier alpha value is -1.77. The van der Waals surface area contributed by atoms with Crippen molar-refractivity contribution in [3.05, 3.63) is 34.9 Å². The van der Waals surface area contributed by atoms with E-state index in [1.165, 1.54) is 4.90 Å². The Labute approximate surface area is 140 Å². The zero-order valence-corrected chi connectivity index (χ0v) is 13.1. The molecule has 9 heteroatoms. The smallest absolute Gasteiger partial charge is 0.396 e. The fourth-order valence-electron chi connectivity index (χ4n) is 2.96. The van der Waals surface area contributed by atoms with Gasteiger partial charge in [-0.3, -0.25) is 4.79 Å². The van der Waals surface area contributed by atoms with E-state index >= 15 is 0 Å². The highest BCUT2D eigenvalue weighted by atomic mass is 19.4. The molecule has 0 saturated carbocycles. The normalized spacial score (nSPS) is 19.2. The summed E-state index contributed by atoms with van der Waals surface area (Å²) >= 11 is 0. The fourth-order valence-corrected chi connectivity index (χ4v) is 2.96. The van der Waals surface area contributed by atoms with Crippen LogP contribution < -0.4 is 0 Å². The number of nitrogens with zero attached hydrogens (tertiary/aromatic N) is 1. The molecule has 1 unspecified atom stereocenters. The van der Waals surface area contributed by atoms with Crippen LogP contribution in [0.15, 0.2) is 18.2 Å². The zero-order chi connectivity index (χ0) is 18.8. The van der Waals surface area contributed by atoms with Gasteiger partial charge in [-0.1, -0.05) is 0 Å². The highest BCUT2D eigenvalue weighted by molar-refractivity contribution is 5.95. The van der Waals surface area contributed by atoms with Crippen LogP contribution in [0, 0.1) is 0 Å². The second-order valence-electron chi connectivity index (χ2n) is 5.95. The average molecular weight is 369 g/mol. The topological polar surface area (TPSA) is 40.5 Å². The van der Waals surface area contributed by atoms with Crippen LogP contribution in [0.2, 0.25) is 0 Å². The number of carbonyl (C=O) groups is 1. The van der Waals surface area contributed by atoms with Gasteiger partial charge in [0, 0.05) is 24.8 Å². The van der Waals surface area contributed by atoms with Crippen molar-refractivity contribution in [2.75, 3.05) is 13.2 Å². The molecular weight excluding hydrogens is 352 g/mol. The third-order valence-electron chi connectivity index (χ3n) is 4.18. The van der Waals surface area contributed by atoms with Crippen LogP contribution in [0.1, 0.15) is 47.2 Å². The number of rotatable bonds is 3. The van der Waals surface area contributed by atoms with Gasteiger partial charge in [0.05, 0.1) is 11.1 Å². The first-order chi connectivity index (χ1) is 11.5. The molecule has 1 saturated heterocycles. The van der Waals surface area contributed by atoms with Gasteiger partial charge in [-0.05, 0) is 43.9 Å². The molecule has 1 amide bonds. The van der Waals surface area contributed by atoms with E-state index in [4.69, 9.17) is 5.11 Å². The number of likely N-dealkylation sites (tertiary alicyclic amines) is 1. The molecule has 0 aliphatic carbocycles. The molecule has 1 atom stereocenters. The molecule has 1 fully saturated rings. The molecule has 2 rings (SSSR count). The minimum Gasteiger partial charge on any atom is -0.396 e. The van der Waals surface area contributed by atoms with Crippen molar-refractivity contribution in [1.82, 2.24) is 4.90 Å². The van der Waals surface area contributed by atoms with Gasteiger partial charge >= 0.3 is 12.4 Å². The molecule has 0 bridgehead atoms. The summed E-state index contributed by atoms with van der Waals surface area (Å²) in [6.07, 6.45) is -7.82. The van der Waals surface area contributed by atoms with Gasteiger partial charge in [0.2, 0.25) is 0 Å². The van der Waals surface area contributed by atoms with E-state index in [9.17, 15) is 31.1 Å². The zero-order valence-electron chi connectivity index (χ0n) is 13.1. The third kappa shape index (κ3) is 4.65. The molecule has 140 valence electrons. The maximum atomic E-state index is 12.9. The number of carbonyl (C=O) groups excluding carboxylic acids is 1. The average Bonchev–Trinajstić information content (AvgIpc) is 2.53. The van der Waals surface area contributed by atoms with Crippen molar-refractivity contribution in [1.29, 1.82) is 0 Å². The third-order valence-corrected chi connectivity index (χ3v) is 4.18. The van der Waals surface area contributed by atoms with Gasteiger partial charge in [-0.25, -0.2) is 0 Å². The Balaban J connectivity index is 2.44. The second-order valence-corrected chi connectivity index (χ2v) is 5.95. The van der Waals surface area contributed by atoms with E-state index < -0.39 is 41.0 Å². The summed E-state index contributed by atoms with van der Waals surface area (Å²) in [7, 11) is 0. The van der Waals surface area contributed by atoms with Gasteiger partial charge < -0.3 is 10.0 Å². The quantitative estimate of drug-likeness (QED) is 0.815. The summed E-state index contributed by atoms with van der Waals surface area (Å²) < 4.78 is 77.5. The molecule has 1 aromatic carbocycles. The van der Waals surface area contributed by atoms with Crippen molar-refractivity contribution in [3.63, 3.8) is 0 Å². The largest absolute Gasteiger partial charge is 0.416 e. The first-order valence-electron chi connectivity index (χ1n) is 7.75. The first-order valence-corrected chi connectivity index (χ1v) is 7.75. The Morgan fingerprint density at radius 3 is 2.08 bits per heavy atom. The number of hydrogen-bond donors (Lipinski definition) is 1. The number of halogens is 6. The van der Waals surface area contributed by atoms with Crippen LogP contribution >= 0.6 is 0 Å². The summed E-state index contributed by atoms with van der Waals surface area (Å²) in [5, 5.41) is 9.05. The van der Waals surface area contributed by atoms with Crippen molar-refractivity contribution in [3.8, 4) is 0 Å². The second kappa shape index (κ2) is 7.23. The lowest BCUT2D eigenvalue weighted by Crippen LogP contribution is -2.44. The fraction of sp³-hybridized carbons (Fsp3) is 0.562. The van der Waals surface area contributed by atoms with Crippen LogP contribution in [0.5, 0.6) is 0 Å². The Morgan fingerprint density at radius 2 is 1.60 bits per heavy atom. The van der Waals surface area contributed by atoms with E-state index in [0.717, 1.165) is 6.42 Å². The molecule has 3 nitrogen and oxygen atoms in total. The maximum absolute atomic E-state index is 12.9. The van der Waals surface area contributed by atoms with E-state index in [-0.39, 0.29) is 25.6 Å². The summed E-state index contributed by atoms with van der Waals surface area (Å²) in [6, 6.07) is 0.498. The van der Waals surface area contributed by atoms with Crippen LogP contribution in [0.4, 0.5) is 26.3 Å². The standard InChI is InChI=1S/C16H17F6NO2/c17-15(18,19)11-7-10(8-12(9-11)16(20,21)22)14(25)23-5-2-1-3-13(23)4-6-24/h7-9,13,24H,1-6H2. The Morgan fingerprint density at radius 1 is 1.04 bits per heavy atom. The molecule has 25 heavy (non-hydrogen) atoms. The van der Waals surface area contributed by atoms with Crippen molar-refractivity contribution < 1.29 is 36.2 Å². The minimum absolute atomic E-state index is 0.00180. The predicted octanol–water partition coefficient (Wildman–Crippen LogP) is 4.10. The lowest BCUT2D eigenvalue weighted by molar-refractivity contribution is -0.143. The SMILES string of the molecule is O=C(c1cc(C(F)(F)F)cc(C(F)(F)F)c1)N1CCCCC1CCO. The number of benzene rings is 1. The van der Waals surface area contributed by atoms with Crippen LogP contribution in [0.25, 0.3) is 0 Å². The Bertz CT molecular complexity index is 592. The van der Waals surface area contributed by atoms with E-state index in [1.54, 1.807) is 0 Å². The number of piperidine rings is 1. The van der Waals surface area contributed by atoms with Gasteiger partial charge in [0.15, 0.2) is 0 Å². The summed E-state index contributed by atoms with van der Waals surface area (Å²) in [5.41, 5.74) is -3.67. The monoisotopic (exact) mass is 369 g/mol. The van der Waals surface area contributed by atoms with E-state index in [1.807, 2.05) is 0 Å². The van der Waals surface area contributed by atoms with Gasteiger partial charge in [0.25, 0.3) is 5.91 Å². The maximum Gasteiger partial charge on any atom is 0.416 e. The van der Waals surface area contributed by atoms with Gasteiger partial charge in [0.1, 0.15) is 0 Å². The van der Waals surface area contributed by atoms with Crippen LogP contribution in [-0.2, 0) is 12.4 Å². The Kier molecular flexibility index (Phi) is 5.65. The molecule has 1 aliphatic rings. The number of aliphatic hydroxyl groups is 1. The number of amides is 1. The highest BCUT2D eigenvalue weighted by Gasteiger charge is 2.38. The highest BCUT2D eigenvalue weighted by Crippen LogP contribution is 2.37. The molecule has 0 aromatic heterocycles. The molecule has 0 radical (unpaired) electrons. The number of aliphatic hydroxyl groups excluding tert-OH is 1. The minimum atomic E-state index is -5.00. The predicted molar refractivity (Wildman–Crippen MR) is 76.8 cm³/mol. The summed E-state index contributed by atoms with van der Waals surface area (Å²) in [4.78, 5) is 13.8. The summed E-state index contributed by atoms with van der Waals surface area (Å²) in [6.45, 7) is 0.0198. The van der Waals surface area contributed by atoms with E-state index in [0.29, 0.717) is 25.0 Å². The van der Waals surface area contributed by atoms with Crippen molar-refractivity contribution >= 4 is 5.91 Å². The van der Waals surface area contributed by atoms with E-state index in [2.05, 4.69) is 0 Å². The molecule has 1 aromatic rings. The first kappa shape index (κ1) is 19.6.